The summed E-state index contributed by atoms with van der Waals surface area (Å²) >= 11 is 0. The van der Waals surface area contributed by atoms with Gasteiger partial charge < -0.3 is 0 Å². The summed E-state index contributed by atoms with van der Waals surface area (Å²) in [5, 5.41) is 0. The number of benzene rings is 2. The first-order valence-electron chi connectivity index (χ1n) is 8.22. The van der Waals surface area contributed by atoms with Crippen molar-refractivity contribution in [2.45, 2.75) is 45.1 Å². The van der Waals surface area contributed by atoms with E-state index in [9.17, 15) is 30.7 Å². The zero-order valence-electron chi connectivity index (χ0n) is 14.3. The summed E-state index contributed by atoms with van der Waals surface area (Å²) < 4.78 is 93.2. The average molecular weight is 394 g/mol. The Morgan fingerprint density at radius 1 is 0.741 bits per heavy atom. The summed E-state index contributed by atoms with van der Waals surface area (Å²) in [6.45, 7) is 2.05. The minimum atomic E-state index is -5.75. The lowest BCUT2D eigenvalue weighted by molar-refractivity contribution is -0.432. The third-order valence-corrected chi connectivity index (χ3v) is 3.90. The van der Waals surface area contributed by atoms with E-state index in [1.807, 2.05) is 31.2 Å². The van der Waals surface area contributed by atoms with E-state index in [1.165, 1.54) is 0 Å². The highest BCUT2D eigenvalue weighted by Crippen LogP contribution is 2.39. The minimum absolute atomic E-state index is 0.0502. The fourth-order valence-corrected chi connectivity index (χ4v) is 2.69. The van der Waals surface area contributed by atoms with E-state index >= 15 is 0 Å². The van der Waals surface area contributed by atoms with Gasteiger partial charge in [-0.05, 0) is 48.1 Å². The zero-order chi connectivity index (χ0) is 20.2. The second kappa shape index (κ2) is 8.29. The molecular weight excluding hydrogens is 377 g/mol. The van der Waals surface area contributed by atoms with Gasteiger partial charge in [-0.1, -0.05) is 37.6 Å². The number of ether oxygens (including phenoxy) is 1. The number of hydrogen-bond donors (Lipinski definition) is 0. The second-order valence-electron chi connectivity index (χ2n) is 6.07. The van der Waals surface area contributed by atoms with Gasteiger partial charge in [0.05, 0.1) is 0 Å². The molecule has 0 heterocycles. The Kier molecular flexibility index (Phi) is 6.51. The lowest BCUT2D eigenvalue weighted by Crippen LogP contribution is -2.29. The predicted molar refractivity (Wildman–Crippen MR) is 85.2 cm³/mol. The summed E-state index contributed by atoms with van der Waals surface area (Å²) in [5.41, 5.74) is 0.0155. The standard InChI is InChI=1S/C19H17F7O/c1-2-3-12-4-6-13(7-5-12)8-9-14-10-15(20)17(16(21)11-14)18(22,23)27-19(24,25)26/h4-7,10-11H,2-3,8-9H2,1H3. The monoisotopic (exact) mass is 394 g/mol. The molecule has 0 saturated carbocycles. The number of alkyl halides is 5. The first-order chi connectivity index (χ1) is 12.5. The van der Waals surface area contributed by atoms with Crippen molar-refractivity contribution in [1.82, 2.24) is 0 Å². The Balaban J connectivity index is 2.14. The number of rotatable bonds is 7. The summed E-state index contributed by atoms with van der Waals surface area (Å²) in [5.74, 6) is -3.59. The van der Waals surface area contributed by atoms with E-state index in [2.05, 4.69) is 4.74 Å². The van der Waals surface area contributed by atoms with E-state index in [0.717, 1.165) is 24.0 Å². The Labute approximate surface area is 151 Å². The van der Waals surface area contributed by atoms with E-state index in [1.54, 1.807) is 0 Å². The maximum Gasteiger partial charge on any atom is 0.527 e. The minimum Gasteiger partial charge on any atom is -0.222 e. The molecule has 0 aromatic heterocycles. The maximum atomic E-state index is 13.9. The van der Waals surface area contributed by atoms with Gasteiger partial charge in [0.15, 0.2) is 0 Å². The molecular formula is C19H17F7O. The van der Waals surface area contributed by atoms with Crippen molar-refractivity contribution in [2.24, 2.45) is 0 Å². The third-order valence-electron chi connectivity index (χ3n) is 3.90. The molecule has 0 radical (unpaired) electrons. The third kappa shape index (κ3) is 5.95. The van der Waals surface area contributed by atoms with Crippen LogP contribution in [0.3, 0.4) is 0 Å². The Hall–Kier alpha value is -2.09. The first-order valence-corrected chi connectivity index (χ1v) is 8.22. The molecule has 0 aliphatic heterocycles. The molecule has 0 unspecified atom stereocenters. The molecule has 27 heavy (non-hydrogen) atoms. The van der Waals surface area contributed by atoms with E-state index in [-0.39, 0.29) is 12.0 Å². The lowest BCUT2D eigenvalue weighted by atomic mass is 10.0. The van der Waals surface area contributed by atoms with Crippen molar-refractivity contribution in [3.63, 3.8) is 0 Å². The van der Waals surface area contributed by atoms with Crippen LogP contribution in [0.4, 0.5) is 30.7 Å². The second-order valence-corrected chi connectivity index (χ2v) is 6.07. The van der Waals surface area contributed by atoms with Crippen LogP contribution >= 0.6 is 0 Å². The topological polar surface area (TPSA) is 9.23 Å². The molecule has 0 spiro atoms. The van der Waals surface area contributed by atoms with Gasteiger partial charge in [0.25, 0.3) is 0 Å². The Morgan fingerprint density at radius 2 is 1.19 bits per heavy atom. The van der Waals surface area contributed by atoms with Gasteiger partial charge in [-0.25, -0.2) is 13.5 Å². The van der Waals surface area contributed by atoms with Crippen LogP contribution in [-0.2, 0) is 30.1 Å². The van der Waals surface area contributed by atoms with Gasteiger partial charge in [0.1, 0.15) is 17.2 Å². The van der Waals surface area contributed by atoms with Crippen LogP contribution in [0.1, 0.15) is 35.6 Å². The van der Waals surface area contributed by atoms with Crippen LogP contribution < -0.4 is 0 Å². The molecule has 0 aliphatic rings. The molecule has 0 N–H and O–H groups in total. The van der Waals surface area contributed by atoms with Gasteiger partial charge >= 0.3 is 12.5 Å². The van der Waals surface area contributed by atoms with Gasteiger partial charge in [0.2, 0.25) is 0 Å². The molecule has 0 bridgehead atoms. The van der Waals surface area contributed by atoms with Gasteiger partial charge in [-0.15, -0.1) is 13.2 Å². The lowest BCUT2D eigenvalue weighted by Gasteiger charge is -2.20. The van der Waals surface area contributed by atoms with Crippen LogP contribution in [-0.4, -0.2) is 6.36 Å². The first kappa shape index (κ1) is 21.2. The molecule has 8 heteroatoms. The van der Waals surface area contributed by atoms with Gasteiger partial charge in [-0.3, -0.25) is 0 Å². The summed E-state index contributed by atoms with van der Waals surface area (Å²) in [7, 11) is 0. The molecule has 0 aliphatic carbocycles. The largest absolute Gasteiger partial charge is 0.527 e. The zero-order valence-corrected chi connectivity index (χ0v) is 14.3. The highest BCUT2D eigenvalue weighted by atomic mass is 19.4. The molecule has 2 aromatic carbocycles. The number of halogens is 7. The normalized spacial score (nSPS) is 12.4. The Bertz CT molecular complexity index is 744. The molecule has 2 rings (SSSR count). The fraction of sp³-hybridized carbons (Fsp3) is 0.368. The van der Waals surface area contributed by atoms with Crippen molar-refractivity contribution in [3.8, 4) is 0 Å². The average Bonchev–Trinajstić information content (AvgIpc) is 2.51. The molecule has 0 amide bonds. The van der Waals surface area contributed by atoms with Crippen LogP contribution in [0.15, 0.2) is 36.4 Å². The van der Waals surface area contributed by atoms with Crippen molar-refractivity contribution in [2.75, 3.05) is 0 Å². The summed E-state index contributed by atoms with van der Waals surface area (Å²) in [6, 6.07) is 8.76. The fourth-order valence-electron chi connectivity index (χ4n) is 2.69. The molecule has 148 valence electrons. The van der Waals surface area contributed by atoms with Crippen LogP contribution in [0.2, 0.25) is 0 Å². The smallest absolute Gasteiger partial charge is 0.222 e. The molecule has 1 nitrogen and oxygen atoms in total. The molecule has 0 saturated heterocycles. The number of aryl methyl sites for hydroxylation is 3. The van der Waals surface area contributed by atoms with E-state index in [0.29, 0.717) is 18.6 Å². The van der Waals surface area contributed by atoms with Crippen molar-refractivity contribution >= 4 is 0 Å². The highest BCUT2D eigenvalue weighted by molar-refractivity contribution is 5.30. The maximum absolute atomic E-state index is 13.9. The Morgan fingerprint density at radius 3 is 1.63 bits per heavy atom. The van der Waals surface area contributed by atoms with Crippen molar-refractivity contribution in [1.29, 1.82) is 0 Å². The SMILES string of the molecule is CCCc1ccc(CCc2cc(F)c(C(F)(F)OC(F)(F)F)c(F)c2)cc1. The number of hydrogen-bond acceptors (Lipinski definition) is 1. The van der Waals surface area contributed by atoms with Crippen molar-refractivity contribution < 1.29 is 35.5 Å². The van der Waals surface area contributed by atoms with Crippen LogP contribution in [0, 0.1) is 11.6 Å². The van der Waals surface area contributed by atoms with Gasteiger partial charge in [0, 0.05) is 0 Å². The van der Waals surface area contributed by atoms with E-state index < -0.39 is 29.7 Å². The summed E-state index contributed by atoms with van der Waals surface area (Å²) in [6.07, 6.45) is -8.47. The van der Waals surface area contributed by atoms with Crippen LogP contribution in [0.5, 0.6) is 0 Å². The van der Waals surface area contributed by atoms with Gasteiger partial charge in [-0.2, -0.15) is 8.78 Å². The molecule has 0 fully saturated rings. The predicted octanol–water partition coefficient (Wildman–Crippen LogP) is 6.29. The quantitative estimate of drug-likeness (QED) is 0.502. The van der Waals surface area contributed by atoms with Crippen LogP contribution in [0.25, 0.3) is 0 Å². The summed E-state index contributed by atoms with van der Waals surface area (Å²) in [4.78, 5) is 0. The van der Waals surface area contributed by atoms with E-state index in [4.69, 9.17) is 0 Å². The highest BCUT2D eigenvalue weighted by Gasteiger charge is 2.49. The van der Waals surface area contributed by atoms with Crippen molar-refractivity contribution in [3.05, 3.63) is 70.3 Å². The molecule has 2 aromatic rings. The molecule has 0 atom stereocenters.